The highest BCUT2D eigenvalue weighted by atomic mass is 16.3. The van der Waals surface area contributed by atoms with Gasteiger partial charge in [-0.1, -0.05) is 69.5 Å². The van der Waals surface area contributed by atoms with Crippen molar-refractivity contribution in [3.63, 3.8) is 0 Å². The number of benzene rings is 3. The third-order valence-corrected chi connectivity index (χ3v) is 7.52. The molecule has 0 radical (unpaired) electrons. The number of aryl methyl sites for hydroxylation is 3. The van der Waals surface area contributed by atoms with Crippen LogP contribution in [0, 0.1) is 20.6 Å². The van der Waals surface area contributed by atoms with E-state index in [1.54, 1.807) is 62.4 Å². The molecular weight excluding hydrogens is 476 g/mol. The quantitative estimate of drug-likeness (QED) is 0.229. The predicted octanol–water partition coefficient (Wildman–Crippen LogP) is 10.3. The van der Waals surface area contributed by atoms with Crippen LogP contribution < -0.4 is 0 Å². The van der Waals surface area contributed by atoms with Crippen molar-refractivity contribution in [1.29, 1.82) is 0 Å². The van der Waals surface area contributed by atoms with Gasteiger partial charge < -0.3 is 4.42 Å². The Kier molecular flexibility index (Phi) is 4.22. The molecule has 39 heavy (non-hydrogen) atoms. The molecule has 5 aromatic rings. The van der Waals surface area contributed by atoms with Crippen LogP contribution in [0.1, 0.15) is 101 Å². The zero-order chi connectivity index (χ0) is 36.4. The number of aromatic nitrogens is 2. The lowest BCUT2D eigenvalue weighted by Crippen LogP contribution is -2.04. The van der Waals surface area contributed by atoms with Gasteiger partial charge in [0.1, 0.15) is 5.52 Å². The van der Waals surface area contributed by atoms with Crippen molar-refractivity contribution in [3.8, 4) is 33.5 Å². The van der Waals surface area contributed by atoms with E-state index in [-0.39, 0.29) is 33.7 Å². The van der Waals surface area contributed by atoms with Gasteiger partial charge in [0.25, 0.3) is 0 Å². The Morgan fingerprint density at radius 1 is 0.821 bits per heavy atom. The summed E-state index contributed by atoms with van der Waals surface area (Å²) in [5.74, 6) is -1.70. The molecule has 2 heterocycles. The van der Waals surface area contributed by atoms with Crippen LogP contribution in [0.4, 0.5) is 0 Å². The number of oxazole rings is 1. The molecule has 0 saturated heterocycles. The second kappa shape index (κ2) is 10.4. The summed E-state index contributed by atoms with van der Waals surface area (Å²) in [5, 5.41) is 0. The van der Waals surface area contributed by atoms with Gasteiger partial charge >= 0.3 is 0 Å². The van der Waals surface area contributed by atoms with Crippen LogP contribution in [0.15, 0.2) is 71.3 Å². The molecule has 3 aromatic carbocycles. The van der Waals surface area contributed by atoms with Crippen LogP contribution >= 0.6 is 0 Å². The van der Waals surface area contributed by atoms with Crippen molar-refractivity contribution in [2.75, 3.05) is 0 Å². The highest BCUT2D eigenvalue weighted by Gasteiger charge is 2.17. The molecule has 1 aliphatic carbocycles. The van der Waals surface area contributed by atoms with E-state index >= 15 is 0 Å². The molecule has 3 nitrogen and oxygen atoms in total. The average Bonchev–Trinajstić information content (AvgIpc) is 3.48. The summed E-state index contributed by atoms with van der Waals surface area (Å²) in [7, 11) is 0. The second-order valence-electron chi connectivity index (χ2n) is 10.5. The number of hydrogen-bond acceptors (Lipinski definition) is 3. The molecule has 0 spiro atoms. The van der Waals surface area contributed by atoms with Crippen LogP contribution in [-0.2, 0) is 0 Å². The lowest BCUT2D eigenvalue weighted by molar-refractivity contribution is 0.443. The Morgan fingerprint density at radius 3 is 2.38 bits per heavy atom. The minimum absolute atomic E-state index is 0.0334. The Hall–Kier alpha value is -3.72. The predicted molar refractivity (Wildman–Crippen MR) is 162 cm³/mol. The molecule has 0 N–H and O–H groups in total. The van der Waals surface area contributed by atoms with E-state index < -0.39 is 32.3 Å². The molecule has 0 amide bonds. The fraction of sp³-hybridized carbons (Fsp3) is 0.333. The normalized spacial score (nSPS) is 20.6. The first-order valence-corrected chi connectivity index (χ1v) is 13.4. The Bertz CT molecular complexity index is 2060. The van der Waals surface area contributed by atoms with Crippen molar-refractivity contribution in [2.45, 2.75) is 78.3 Å². The summed E-state index contributed by atoms with van der Waals surface area (Å²) >= 11 is 0. The average molecular weight is 526 g/mol. The highest BCUT2D eigenvalue weighted by Crippen LogP contribution is 2.37. The molecule has 1 saturated carbocycles. The lowest BCUT2D eigenvalue weighted by atomic mass is 9.82. The van der Waals surface area contributed by atoms with E-state index in [0.29, 0.717) is 51.9 Å². The van der Waals surface area contributed by atoms with Gasteiger partial charge in [0.05, 0.1) is 5.69 Å². The topological polar surface area (TPSA) is 38.9 Å². The first-order chi connectivity index (χ1) is 23.1. The van der Waals surface area contributed by atoms with Crippen molar-refractivity contribution < 1.29 is 19.5 Å². The van der Waals surface area contributed by atoms with Gasteiger partial charge in [0.2, 0.25) is 0 Å². The summed E-state index contributed by atoms with van der Waals surface area (Å²) in [4.78, 5) is 8.89. The SMILES string of the molecule is [2H]C([2H])([2H])c1cc(C2([2H])CCCCC2)ccc1-c1ccc(-c2cc(-c3ccc4oc(C([2H])(C)C)nc4c3)ncc2C([2H])([2H])[2H])c(C([2H])([2H])[2H])c1. The molecule has 6 rings (SSSR count). The van der Waals surface area contributed by atoms with Crippen molar-refractivity contribution in [3.05, 3.63) is 95.0 Å². The van der Waals surface area contributed by atoms with Crippen LogP contribution in [0.25, 0.3) is 44.6 Å². The first-order valence-electron chi connectivity index (χ1n) is 18.9. The summed E-state index contributed by atoms with van der Waals surface area (Å²) < 4.78 is 98.4. The fourth-order valence-corrected chi connectivity index (χ4v) is 5.37. The maximum Gasteiger partial charge on any atom is 0.198 e. The zero-order valence-electron chi connectivity index (χ0n) is 33.2. The number of nitrogens with zero attached hydrogens (tertiary/aromatic N) is 2. The van der Waals surface area contributed by atoms with Crippen molar-refractivity contribution in [2.24, 2.45) is 0 Å². The summed E-state index contributed by atoms with van der Waals surface area (Å²) in [6.07, 6.45) is 5.34. The number of pyridine rings is 1. The largest absolute Gasteiger partial charge is 0.440 e. The van der Waals surface area contributed by atoms with E-state index in [1.165, 1.54) is 18.3 Å². The molecule has 0 bridgehead atoms. The van der Waals surface area contributed by atoms with Gasteiger partial charge in [-0.2, -0.15) is 0 Å². The molecule has 1 fully saturated rings. The maximum atomic E-state index is 9.07. The monoisotopic (exact) mass is 525 g/mol. The van der Waals surface area contributed by atoms with E-state index in [0.717, 1.165) is 19.3 Å². The number of fused-ring (bicyclic) bond motifs is 1. The third-order valence-electron chi connectivity index (χ3n) is 7.52. The van der Waals surface area contributed by atoms with E-state index in [9.17, 15) is 0 Å². The van der Waals surface area contributed by atoms with Crippen LogP contribution in [0.5, 0.6) is 0 Å². The van der Waals surface area contributed by atoms with Gasteiger partial charge in [-0.25, -0.2) is 4.98 Å². The Balaban J connectivity index is 1.51. The molecule has 0 atom stereocenters. The molecule has 2 aromatic heterocycles. The van der Waals surface area contributed by atoms with Crippen LogP contribution in [0.3, 0.4) is 0 Å². The van der Waals surface area contributed by atoms with E-state index in [2.05, 4.69) is 9.97 Å². The van der Waals surface area contributed by atoms with Gasteiger partial charge in [-0.3, -0.25) is 4.98 Å². The molecule has 0 aliphatic heterocycles. The summed E-state index contributed by atoms with van der Waals surface area (Å²) in [5.41, 5.74) is 3.30. The standard InChI is InChI=1S/C36H38N2O/c1-22(2)36-38-34-19-29(13-16-35(34)39-36)33-20-32(25(5)21-37-33)31-15-12-28(18-24(31)4)30-14-11-27(17-23(30)3)26-9-7-6-8-10-26/h11-22,26H,6-10H2,1-5H3/i3D3,4D3,5D3,22D,26D. The van der Waals surface area contributed by atoms with Gasteiger partial charge in [-0.15, -0.1) is 0 Å². The minimum Gasteiger partial charge on any atom is -0.440 e. The molecular formula is C36H38N2O. The number of hydrogen-bond donors (Lipinski definition) is 0. The van der Waals surface area contributed by atoms with Crippen molar-refractivity contribution in [1.82, 2.24) is 9.97 Å². The smallest absolute Gasteiger partial charge is 0.198 e. The van der Waals surface area contributed by atoms with E-state index in [1.807, 2.05) is 0 Å². The molecule has 3 heteroatoms. The molecule has 1 aliphatic rings. The Labute approximate surface area is 247 Å². The third kappa shape index (κ3) is 5.03. The first kappa shape index (κ1) is 15.8. The van der Waals surface area contributed by atoms with Crippen LogP contribution in [0.2, 0.25) is 0 Å². The zero-order valence-corrected chi connectivity index (χ0v) is 22.2. The molecule has 0 unspecified atom stereocenters. The molecule has 198 valence electrons. The fourth-order valence-electron chi connectivity index (χ4n) is 5.37. The highest BCUT2D eigenvalue weighted by molar-refractivity contribution is 5.82. The van der Waals surface area contributed by atoms with Gasteiger partial charge in [0, 0.05) is 32.7 Å². The van der Waals surface area contributed by atoms with Crippen LogP contribution in [-0.4, -0.2) is 9.97 Å². The summed E-state index contributed by atoms with van der Waals surface area (Å²) in [6.45, 7) is -4.54. The van der Waals surface area contributed by atoms with E-state index in [4.69, 9.17) is 19.5 Å². The minimum atomic E-state index is -2.70. The van der Waals surface area contributed by atoms with Gasteiger partial charge in [-0.05, 0) is 108 Å². The van der Waals surface area contributed by atoms with Gasteiger partial charge in [0.15, 0.2) is 11.5 Å². The maximum absolute atomic E-state index is 9.07. The van der Waals surface area contributed by atoms with Crippen molar-refractivity contribution >= 4 is 11.1 Å². The second-order valence-corrected chi connectivity index (χ2v) is 10.5. The number of rotatable bonds is 5. The lowest BCUT2D eigenvalue weighted by Gasteiger charge is -2.23. The summed E-state index contributed by atoms with van der Waals surface area (Å²) in [6, 6.07) is 16.3. The Morgan fingerprint density at radius 2 is 1.59 bits per heavy atom.